The topological polar surface area (TPSA) is 22.0 Å². The van der Waals surface area contributed by atoms with E-state index in [4.69, 9.17) is 0 Å². The second kappa shape index (κ2) is 6.10. The molecule has 1 aromatic heterocycles. The highest BCUT2D eigenvalue weighted by molar-refractivity contribution is 9.10. The molecule has 0 spiro atoms. The Morgan fingerprint density at radius 2 is 1.25 bits per heavy atom. The van der Waals surface area contributed by atoms with E-state index in [1.807, 2.05) is 61.9 Å². The summed E-state index contributed by atoms with van der Waals surface area (Å²) >= 11 is 6.82. The van der Waals surface area contributed by atoms with Gasteiger partial charge in [-0.2, -0.15) is 0 Å². The van der Waals surface area contributed by atoms with E-state index in [1.54, 1.807) is 0 Å². The molecule has 0 radical (unpaired) electrons. The lowest BCUT2D eigenvalue weighted by atomic mass is 10.1. The SMILES string of the molecule is CC.Cn1c2ccc(Br)cc2c(=O)c2cc(Br)ccc21. The fourth-order valence-corrected chi connectivity index (χ4v) is 2.96. The van der Waals surface area contributed by atoms with Crippen LogP contribution in [0.1, 0.15) is 13.8 Å². The first-order valence-corrected chi connectivity index (χ1v) is 8.04. The Hall–Kier alpha value is -1.13. The maximum Gasteiger partial charge on any atom is 0.197 e. The van der Waals surface area contributed by atoms with E-state index >= 15 is 0 Å². The Labute approximate surface area is 134 Å². The minimum Gasteiger partial charge on any atom is -0.343 e. The molecule has 2 aromatic carbocycles. The number of aromatic nitrogens is 1. The van der Waals surface area contributed by atoms with Gasteiger partial charge in [0, 0.05) is 26.8 Å². The molecule has 1 heterocycles. The molecule has 0 saturated heterocycles. The molecule has 0 fully saturated rings. The van der Waals surface area contributed by atoms with Gasteiger partial charge in [0.05, 0.1) is 11.0 Å². The second-order valence-electron chi connectivity index (χ2n) is 4.21. The van der Waals surface area contributed by atoms with Crippen LogP contribution in [0.3, 0.4) is 0 Å². The summed E-state index contributed by atoms with van der Waals surface area (Å²) in [4.78, 5) is 12.5. The maximum atomic E-state index is 12.5. The van der Waals surface area contributed by atoms with Crippen LogP contribution in [0.2, 0.25) is 0 Å². The van der Waals surface area contributed by atoms with Gasteiger partial charge in [-0.05, 0) is 36.4 Å². The summed E-state index contributed by atoms with van der Waals surface area (Å²) in [6.45, 7) is 4.00. The zero-order chi connectivity index (χ0) is 14.9. The fraction of sp³-hybridized carbons (Fsp3) is 0.188. The first kappa shape index (κ1) is 15.3. The van der Waals surface area contributed by atoms with Crippen molar-refractivity contribution in [1.82, 2.24) is 4.57 Å². The van der Waals surface area contributed by atoms with Crippen molar-refractivity contribution in [3.05, 3.63) is 55.6 Å². The number of aryl methyl sites for hydroxylation is 1. The summed E-state index contributed by atoms with van der Waals surface area (Å²) in [5.74, 6) is 0. The number of halogens is 2. The van der Waals surface area contributed by atoms with Crippen LogP contribution >= 0.6 is 31.9 Å². The third kappa shape index (κ3) is 2.54. The van der Waals surface area contributed by atoms with Gasteiger partial charge in [0.2, 0.25) is 0 Å². The molecule has 0 bridgehead atoms. The van der Waals surface area contributed by atoms with Crippen LogP contribution < -0.4 is 5.43 Å². The molecule has 0 atom stereocenters. The molecular weight excluding hydrogens is 382 g/mol. The van der Waals surface area contributed by atoms with Crippen molar-refractivity contribution in [2.24, 2.45) is 7.05 Å². The van der Waals surface area contributed by atoms with Crippen molar-refractivity contribution in [2.75, 3.05) is 0 Å². The van der Waals surface area contributed by atoms with Crippen LogP contribution in [-0.2, 0) is 7.05 Å². The number of hydrogen-bond donors (Lipinski definition) is 0. The molecule has 0 saturated carbocycles. The number of rotatable bonds is 0. The summed E-state index contributed by atoms with van der Waals surface area (Å²) in [6.07, 6.45) is 0. The van der Waals surface area contributed by atoms with Gasteiger partial charge in [0.25, 0.3) is 0 Å². The van der Waals surface area contributed by atoms with E-state index in [2.05, 4.69) is 31.9 Å². The largest absolute Gasteiger partial charge is 0.343 e. The van der Waals surface area contributed by atoms with Crippen molar-refractivity contribution in [3.63, 3.8) is 0 Å². The predicted octanol–water partition coefficient (Wildman–Crippen LogP) is 5.24. The Morgan fingerprint density at radius 3 is 1.65 bits per heavy atom. The Kier molecular flexibility index (Phi) is 4.66. The summed E-state index contributed by atoms with van der Waals surface area (Å²) in [7, 11) is 1.98. The summed E-state index contributed by atoms with van der Waals surface area (Å²) < 4.78 is 3.88. The minimum absolute atomic E-state index is 0.0701. The predicted molar refractivity (Wildman–Crippen MR) is 93.4 cm³/mol. The molecule has 0 N–H and O–H groups in total. The van der Waals surface area contributed by atoms with Crippen LogP contribution in [0.4, 0.5) is 0 Å². The van der Waals surface area contributed by atoms with Gasteiger partial charge in [0.15, 0.2) is 5.43 Å². The van der Waals surface area contributed by atoms with Gasteiger partial charge in [-0.25, -0.2) is 0 Å². The number of hydrogen-bond acceptors (Lipinski definition) is 1. The highest BCUT2D eigenvalue weighted by Crippen LogP contribution is 2.23. The van der Waals surface area contributed by atoms with E-state index in [0.717, 1.165) is 30.8 Å². The summed E-state index contributed by atoms with van der Waals surface area (Å²) in [6, 6.07) is 11.6. The molecule has 0 unspecified atom stereocenters. The van der Waals surface area contributed by atoms with Crippen LogP contribution in [0, 0.1) is 0 Å². The van der Waals surface area contributed by atoms with Gasteiger partial charge in [0.1, 0.15) is 0 Å². The average molecular weight is 397 g/mol. The summed E-state index contributed by atoms with van der Waals surface area (Å²) in [5, 5.41) is 1.47. The van der Waals surface area contributed by atoms with E-state index < -0.39 is 0 Å². The van der Waals surface area contributed by atoms with Crippen molar-refractivity contribution in [3.8, 4) is 0 Å². The van der Waals surface area contributed by atoms with Crippen LogP contribution in [0.5, 0.6) is 0 Å². The van der Waals surface area contributed by atoms with Crippen molar-refractivity contribution < 1.29 is 0 Å². The van der Waals surface area contributed by atoms with Crippen LogP contribution in [0.25, 0.3) is 21.8 Å². The number of fused-ring (bicyclic) bond motifs is 2. The van der Waals surface area contributed by atoms with E-state index in [-0.39, 0.29) is 5.43 Å². The van der Waals surface area contributed by atoms with E-state index in [1.165, 1.54) is 0 Å². The van der Waals surface area contributed by atoms with Crippen molar-refractivity contribution >= 4 is 53.7 Å². The normalized spacial score (nSPS) is 10.4. The van der Waals surface area contributed by atoms with Crippen LogP contribution in [0.15, 0.2) is 50.1 Å². The average Bonchev–Trinajstić information content (AvgIpc) is 2.46. The monoisotopic (exact) mass is 395 g/mol. The molecule has 3 aromatic rings. The Balaban J connectivity index is 0.000000704. The third-order valence-corrected chi connectivity index (χ3v) is 4.12. The molecule has 0 aliphatic carbocycles. The first-order chi connectivity index (χ1) is 9.58. The fourth-order valence-electron chi connectivity index (χ4n) is 2.24. The van der Waals surface area contributed by atoms with Crippen LogP contribution in [-0.4, -0.2) is 4.57 Å². The highest BCUT2D eigenvalue weighted by Gasteiger charge is 2.09. The zero-order valence-corrected chi connectivity index (χ0v) is 14.7. The molecule has 20 heavy (non-hydrogen) atoms. The molecule has 0 amide bonds. The maximum absolute atomic E-state index is 12.5. The number of nitrogens with zero attached hydrogens (tertiary/aromatic N) is 1. The number of benzene rings is 2. The second-order valence-corrected chi connectivity index (χ2v) is 6.04. The highest BCUT2D eigenvalue weighted by atomic mass is 79.9. The molecular formula is C16H15Br2NO. The van der Waals surface area contributed by atoms with E-state index in [9.17, 15) is 4.79 Å². The van der Waals surface area contributed by atoms with Crippen molar-refractivity contribution in [2.45, 2.75) is 13.8 Å². The molecule has 0 aliphatic heterocycles. The zero-order valence-electron chi connectivity index (χ0n) is 11.6. The Bertz CT molecular complexity index is 771. The third-order valence-electron chi connectivity index (χ3n) is 3.13. The smallest absolute Gasteiger partial charge is 0.197 e. The lowest BCUT2D eigenvalue weighted by Crippen LogP contribution is -2.09. The Morgan fingerprint density at radius 1 is 0.850 bits per heavy atom. The molecule has 2 nitrogen and oxygen atoms in total. The van der Waals surface area contributed by atoms with Gasteiger partial charge in [-0.15, -0.1) is 0 Å². The van der Waals surface area contributed by atoms with Gasteiger partial charge >= 0.3 is 0 Å². The lowest BCUT2D eigenvalue weighted by Gasteiger charge is -2.10. The van der Waals surface area contributed by atoms with Gasteiger partial charge < -0.3 is 4.57 Å². The molecule has 104 valence electrons. The quantitative estimate of drug-likeness (QED) is 0.476. The molecule has 4 heteroatoms. The standard InChI is InChI=1S/C14H9Br2NO.C2H6/c1-17-12-4-2-8(15)6-10(12)14(18)11-7-9(16)3-5-13(11)17;1-2/h2-7H,1H3;1-2H3. The van der Waals surface area contributed by atoms with Gasteiger partial charge in [-0.3, -0.25) is 4.79 Å². The van der Waals surface area contributed by atoms with Crippen molar-refractivity contribution in [1.29, 1.82) is 0 Å². The first-order valence-electron chi connectivity index (χ1n) is 6.45. The van der Waals surface area contributed by atoms with E-state index in [0.29, 0.717) is 0 Å². The minimum atomic E-state index is 0.0701. The number of pyridine rings is 1. The summed E-state index contributed by atoms with van der Waals surface area (Å²) in [5.41, 5.74) is 1.96. The van der Waals surface area contributed by atoms with Gasteiger partial charge in [-0.1, -0.05) is 45.7 Å². The molecule has 3 rings (SSSR count). The molecule has 0 aliphatic rings. The lowest BCUT2D eigenvalue weighted by molar-refractivity contribution is 1.00.